The molecule has 0 spiro atoms. The number of phenolic OH excluding ortho intramolecular Hbond substituents is 1. The molecule has 4 N–H and O–H groups in total. The lowest BCUT2D eigenvalue weighted by molar-refractivity contribution is 0.0997. The Morgan fingerprint density at radius 2 is 2.20 bits per heavy atom. The van der Waals surface area contributed by atoms with Crippen LogP contribution in [-0.4, -0.2) is 21.0 Å². The molecular formula is C19H19N3O2S. The number of fused-ring (bicyclic) bond motifs is 3. The van der Waals surface area contributed by atoms with Gasteiger partial charge in [-0.3, -0.25) is 4.79 Å². The zero-order chi connectivity index (χ0) is 18.1. The minimum absolute atomic E-state index is 0.124. The zero-order valence-corrected chi connectivity index (χ0v) is 14.9. The van der Waals surface area contributed by atoms with Crippen molar-refractivity contribution in [2.24, 2.45) is 5.73 Å². The molecule has 0 bridgehead atoms. The van der Waals surface area contributed by atoms with E-state index in [4.69, 9.17) is 5.73 Å². The van der Waals surface area contributed by atoms with Crippen molar-refractivity contribution < 1.29 is 9.90 Å². The molecule has 0 aliphatic carbocycles. The zero-order valence-electron chi connectivity index (χ0n) is 14.1. The van der Waals surface area contributed by atoms with E-state index in [0.29, 0.717) is 16.7 Å². The van der Waals surface area contributed by atoms with Crippen molar-refractivity contribution in [3.8, 4) is 5.75 Å². The van der Waals surface area contributed by atoms with Crippen LogP contribution in [0.1, 0.15) is 35.1 Å². The van der Waals surface area contributed by atoms with Crippen LogP contribution in [0.5, 0.6) is 5.75 Å². The van der Waals surface area contributed by atoms with Crippen LogP contribution in [0.4, 0.5) is 0 Å². The molecule has 0 aliphatic heterocycles. The number of hydrogen-bond donors (Lipinski definition) is 3. The first-order valence-electron chi connectivity index (χ1n) is 7.90. The number of phenols is 1. The highest BCUT2D eigenvalue weighted by atomic mass is 32.2. The number of carbonyl (C=O) groups excluding carboxylic acids is 1. The molecule has 6 heteroatoms. The Hall–Kier alpha value is -2.73. The number of nitrogens with two attached hydrogens (primary N) is 1. The third-order valence-corrected chi connectivity index (χ3v) is 4.81. The quantitative estimate of drug-likeness (QED) is 0.631. The fraction of sp³-hybridized carbons (Fsp3) is 0.158. The molecule has 0 saturated heterocycles. The van der Waals surface area contributed by atoms with Crippen LogP contribution in [0.2, 0.25) is 0 Å². The second kappa shape index (κ2) is 6.64. The first kappa shape index (κ1) is 17.1. The molecule has 0 fully saturated rings. The predicted octanol–water partition coefficient (Wildman–Crippen LogP) is 4.46. The fourth-order valence-electron chi connectivity index (χ4n) is 2.96. The number of aryl methyl sites for hydroxylation is 1. The smallest absolute Gasteiger partial charge is 0.269 e. The number of aromatic amines is 1. The molecule has 1 amide bonds. The maximum absolute atomic E-state index is 12.0. The van der Waals surface area contributed by atoms with Crippen LogP contribution in [0.25, 0.3) is 26.7 Å². The summed E-state index contributed by atoms with van der Waals surface area (Å²) in [6, 6.07) is 5.39. The lowest BCUT2D eigenvalue weighted by Gasteiger charge is -2.07. The molecule has 0 unspecified atom stereocenters. The standard InChI is InChI=1S/C19H19N3O2S/c1-4-6-14(25-5-2)12-9-11-15-10(3)7-8-13(23)17(15)22-16(11)18(21-12)19(20)24/h5-9,22-23H,2,4H2,1,3H3,(H2,20,24)/b14-6-. The van der Waals surface area contributed by atoms with Gasteiger partial charge in [0.1, 0.15) is 5.75 Å². The van der Waals surface area contributed by atoms with Gasteiger partial charge in [-0.25, -0.2) is 4.98 Å². The monoisotopic (exact) mass is 353 g/mol. The number of rotatable bonds is 5. The van der Waals surface area contributed by atoms with Crippen LogP contribution in [-0.2, 0) is 0 Å². The van der Waals surface area contributed by atoms with Gasteiger partial charge in [0.25, 0.3) is 5.91 Å². The lowest BCUT2D eigenvalue weighted by Crippen LogP contribution is -2.14. The van der Waals surface area contributed by atoms with E-state index in [1.54, 1.807) is 11.5 Å². The van der Waals surface area contributed by atoms with Crippen LogP contribution >= 0.6 is 11.8 Å². The molecule has 0 atom stereocenters. The molecule has 0 saturated carbocycles. The Morgan fingerprint density at radius 3 is 2.84 bits per heavy atom. The van der Waals surface area contributed by atoms with Crippen molar-refractivity contribution in [3.05, 3.63) is 53.2 Å². The molecule has 2 aromatic heterocycles. The van der Waals surface area contributed by atoms with Gasteiger partial charge in [0, 0.05) is 15.7 Å². The number of hydrogen-bond acceptors (Lipinski definition) is 4. The average molecular weight is 353 g/mol. The summed E-state index contributed by atoms with van der Waals surface area (Å²) in [5.41, 5.74) is 8.49. The summed E-state index contributed by atoms with van der Waals surface area (Å²) in [6.45, 7) is 7.75. The van der Waals surface area contributed by atoms with E-state index in [1.807, 2.05) is 32.1 Å². The average Bonchev–Trinajstić information content (AvgIpc) is 2.97. The maximum atomic E-state index is 12.0. The van der Waals surface area contributed by atoms with Gasteiger partial charge in [-0.1, -0.05) is 37.4 Å². The van der Waals surface area contributed by atoms with E-state index >= 15 is 0 Å². The number of nitrogens with one attached hydrogen (secondary N) is 1. The van der Waals surface area contributed by atoms with Crippen molar-refractivity contribution in [1.82, 2.24) is 9.97 Å². The first-order chi connectivity index (χ1) is 12.0. The Labute approximate surface area is 149 Å². The number of nitrogens with zero attached hydrogens (tertiary/aromatic N) is 1. The van der Waals surface area contributed by atoms with E-state index in [9.17, 15) is 9.90 Å². The summed E-state index contributed by atoms with van der Waals surface area (Å²) in [7, 11) is 0. The summed E-state index contributed by atoms with van der Waals surface area (Å²) < 4.78 is 0. The molecule has 1 aromatic carbocycles. The number of pyridine rings is 1. The van der Waals surface area contributed by atoms with E-state index in [1.165, 1.54) is 11.8 Å². The molecule has 3 rings (SSSR count). The Balaban J connectivity index is 2.45. The van der Waals surface area contributed by atoms with E-state index in [0.717, 1.165) is 27.7 Å². The van der Waals surface area contributed by atoms with Crippen LogP contribution < -0.4 is 5.73 Å². The van der Waals surface area contributed by atoms with Crippen LogP contribution in [0.15, 0.2) is 36.3 Å². The van der Waals surface area contributed by atoms with Gasteiger partial charge in [0.15, 0.2) is 5.69 Å². The van der Waals surface area contributed by atoms with Gasteiger partial charge in [0.05, 0.1) is 16.7 Å². The molecule has 5 nitrogen and oxygen atoms in total. The highest BCUT2D eigenvalue weighted by molar-refractivity contribution is 8.10. The summed E-state index contributed by atoms with van der Waals surface area (Å²) in [5.74, 6) is -0.492. The number of H-pyrrole nitrogens is 1. The second-order valence-electron chi connectivity index (χ2n) is 5.68. The topological polar surface area (TPSA) is 92.0 Å². The third kappa shape index (κ3) is 2.89. The third-order valence-electron chi connectivity index (χ3n) is 4.02. The highest BCUT2D eigenvalue weighted by Crippen LogP contribution is 2.37. The maximum Gasteiger partial charge on any atom is 0.269 e. The van der Waals surface area contributed by atoms with Gasteiger partial charge >= 0.3 is 0 Å². The number of aromatic hydroxyl groups is 1. The number of amides is 1. The van der Waals surface area contributed by atoms with Crippen molar-refractivity contribution >= 4 is 44.4 Å². The number of primary amides is 1. The lowest BCUT2D eigenvalue weighted by atomic mass is 10.1. The fourth-order valence-corrected chi connectivity index (χ4v) is 3.62. The molecule has 3 aromatic rings. The summed E-state index contributed by atoms with van der Waals surface area (Å²) in [4.78, 5) is 20.5. The van der Waals surface area contributed by atoms with Crippen molar-refractivity contribution in [1.29, 1.82) is 0 Å². The summed E-state index contributed by atoms with van der Waals surface area (Å²) in [5, 5.41) is 13.6. The van der Waals surface area contributed by atoms with Gasteiger partial charge in [0.2, 0.25) is 0 Å². The van der Waals surface area contributed by atoms with E-state index in [-0.39, 0.29) is 11.4 Å². The van der Waals surface area contributed by atoms with Gasteiger partial charge in [-0.2, -0.15) is 0 Å². The number of aromatic nitrogens is 2. The molecule has 0 radical (unpaired) electrons. The van der Waals surface area contributed by atoms with E-state index in [2.05, 4.69) is 16.5 Å². The predicted molar refractivity (Wildman–Crippen MR) is 105 cm³/mol. The molecular weight excluding hydrogens is 334 g/mol. The Kier molecular flexibility index (Phi) is 4.55. The number of allylic oxidation sites excluding steroid dienone is 1. The molecule has 25 heavy (non-hydrogen) atoms. The largest absolute Gasteiger partial charge is 0.506 e. The van der Waals surface area contributed by atoms with E-state index < -0.39 is 5.91 Å². The normalized spacial score (nSPS) is 12.0. The van der Waals surface area contributed by atoms with Gasteiger partial charge in [-0.15, -0.1) is 0 Å². The first-order valence-corrected chi connectivity index (χ1v) is 8.78. The van der Waals surface area contributed by atoms with Crippen molar-refractivity contribution in [3.63, 3.8) is 0 Å². The van der Waals surface area contributed by atoms with Crippen molar-refractivity contribution in [2.75, 3.05) is 0 Å². The van der Waals surface area contributed by atoms with Crippen molar-refractivity contribution in [2.45, 2.75) is 20.3 Å². The molecule has 2 heterocycles. The van der Waals surface area contributed by atoms with Crippen LogP contribution in [0, 0.1) is 6.92 Å². The Morgan fingerprint density at radius 1 is 1.44 bits per heavy atom. The SMILES string of the molecule is C=CS/C(=C\CC)c1cc2c([nH]c3c(O)ccc(C)c32)c(C(N)=O)n1. The molecule has 0 aliphatic rings. The summed E-state index contributed by atoms with van der Waals surface area (Å²) in [6.07, 6.45) is 2.86. The highest BCUT2D eigenvalue weighted by Gasteiger charge is 2.19. The summed E-state index contributed by atoms with van der Waals surface area (Å²) >= 11 is 1.45. The second-order valence-corrected chi connectivity index (χ2v) is 6.69. The number of benzene rings is 1. The molecule has 128 valence electrons. The number of thioether (sulfide) groups is 1. The Bertz CT molecular complexity index is 1030. The van der Waals surface area contributed by atoms with Gasteiger partial charge < -0.3 is 15.8 Å². The minimum Gasteiger partial charge on any atom is -0.506 e. The number of carbonyl (C=O) groups is 1. The van der Waals surface area contributed by atoms with Gasteiger partial charge in [-0.05, 0) is 36.4 Å². The minimum atomic E-state index is -0.616. The van der Waals surface area contributed by atoms with Crippen LogP contribution in [0.3, 0.4) is 0 Å².